The summed E-state index contributed by atoms with van der Waals surface area (Å²) < 4.78 is 22.4. The largest absolute Gasteiger partial charge is 0.507 e. The number of hydrogen-bond acceptors (Lipinski definition) is 13. The van der Waals surface area contributed by atoms with Crippen LogP contribution < -0.4 is 4.74 Å². The average Bonchev–Trinajstić information content (AvgIpc) is 2.93. The molecule has 43 heavy (non-hydrogen) atoms. The van der Waals surface area contributed by atoms with Crippen LogP contribution in [0.15, 0.2) is 12.1 Å². The fourth-order valence-corrected chi connectivity index (χ4v) is 7.24. The summed E-state index contributed by atoms with van der Waals surface area (Å²) in [4.78, 5) is 42.8. The maximum absolute atomic E-state index is 14.3. The molecule has 4 aliphatic rings. The third kappa shape index (κ3) is 3.76. The Kier molecular flexibility index (Phi) is 6.48. The molecule has 6 rings (SSSR count). The lowest BCUT2D eigenvalue weighted by Gasteiger charge is -2.53. The molecule has 5 N–H and O–H groups in total. The normalized spacial score (nSPS) is 34.1. The summed E-state index contributed by atoms with van der Waals surface area (Å²) in [6.07, 6.45) is -5.13. The molecule has 230 valence electrons. The summed E-state index contributed by atoms with van der Waals surface area (Å²) in [5.41, 5.74) is -4.63. The van der Waals surface area contributed by atoms with E-state index in [-0.39, 0.29) is 40.0 Å². The molecule has 2 aliphatic heterocycles. The van der Waals surface area contributed by atoms with Crippen molar-refractivity contribution in [3.63, 3.8) is 0 Å². The Morgan fingerprint density at radius 2 is 1.72 bits per heavy atom. The van der Waals surface area contributed by atoms with Crippen LogP contribution in [0.1, 0.15) is 80.8 Å². The number of nitrogens with zero attached hydrogens (tertiary/aromatic N) is 1. The summed E-state index contributed by atoms with van der Waals surface area (Å²) in [6, 6.07) is 1.58. The Morgan fingerprint density at radius 1 is 1.05 bits per heavy atom. The van der Waals surface area contributed by atoms with Crippen LogP contribution in [0.3, 0.4) is 0 Å². The van der Waals surface area contributed by atoms with Crippen molar-refractivity contribution >= 4 is 17.5 Å². The van der Waals surface area contributed by atoms with Crippen LogP contribution >= 0.6 is 0 Å². The molecule has 13 heteroatoms. The smallest absolute Gasteiger partial charge is 0.316 e. The molecule has 8 atom stereocenters. The van der Waals surface area contributed by atoms with E-state index >= 15 is 0 Å². The molecule has 0 aromatic heterocycles. The van der Waals surface area contributed by atoms with Gasteiger partial charge in [-0.1, -0.05) is 0 Å². The molecular weight excluding hydrogens is 566 g/mol. The number of methoxy groups -OCH3 is 2. The lowest BCUT2D eigenvalue weighted by atomic mass is 9.68. The van der Waals surface area contributed by atoms with E-state index in [2.05, 4.69) is 0 Å². The van der Waals surface area contributed by atoms with E-state index in [9.17, 15) is 39.9 Å². The predicted octanol–water partition coefficient (Wildman–Crippen LogP) is 0.588. The Morgan fingerprint density at radius 3 is 2.33 bits per heavy atom. The molecule has 1 fully saturated rings. The number of likely N-dealkylation sites (N-methyl/N-ethyl adjacent to an activating group) is 1. The van der Waals surface area contributed by atoms with Gasteiger partial charge in [-0.05, 0) is 45.6 Å². The number of benzene rings is 2. The summed E-state index contributed by atoms with van der Waals surface area (Å²) in [7, 11) is 5.79. The molecule has 3 unspecified atom stereocenters. The van der Waals surface area contributed by atoms with Gasteiger partial charge in [-0.2, -0.15) is 0 Å². The topological polar surface area (TPSA) is 193 Å². The Labute approximate surface area is 246 Å². The first-order valence-corrected chi connectivity index (χ1v) is 13.7. The molecule has 2 aromatic carbocycles. The number of rotatable bonds is 3. The minimum atomic E-state index is -1.71. The number of hydrogen-bond donors (Lipinski definition) is 5. The SMILES string of the molecule is COC(=O)C1c2cc3c(c(O)c2C(OC)CC1(C)O)C(=O)c1c(O)cc2c(c1C3=O)O[C@H]1O[C@@]2(C)[C@@H](O)[C@@H](N(C)C)[C@@H]1O. The van der Waals surface area contributed by atoms with Crippen LogP contribution in [0.2, 0.25) is 0 Å². The van der Waals surface area contributed by atoms with Gasteiger partial charge in [-0.25, -0.2) is 0 Å². The van der Waals surface area contributed by atoms with Gasteiger partial charge in [0.1, 0.15) is 41.0 Å². The van der Waals surface area contributed by atoms with Crippen LogP contribution in [0.5, 0.6) is 17.2 Å². The zero-order chi connectivity index (χ0) is 31.5. The van der Waals surface area contributed by atoms with Crippen molar-refractivity contribution in [1.82, 2.24) is 4.90 Å². The van der Waals surface area contributed by atoms with Crippen molar-refractivity contribution in [3.8, 4) is 17.2 Å². The van der Waals surface area contributed by atoms with Crippen LogP contribution in [-0.2, 0) is 24.6 Å². The number of ether oxygens (including phenoxy) is 4. The molecule has 1 saturated heterocycles. The summed E-state index contributed by atoms with van der Waals surface area (Å²) >= 11 is 0. The number of phenolic OH excluding ortho intramolecular Hbond substituents is 2. The number of fused-ring (bicyclic) bond motifs is 8. The van der Waals surface area contributed by atoms with Crippen LogP contribution in [0.4, 0.5) is 0 Å². The Balaban J connectivity index is 1.61. The number of aliphatic hydroxyl groups excluding tert-OH is 2. The van der Waals surface area contributed by atoms with E-state index in [1.165, 1.54) is 33.1 Å². The lowest BCUT2D eigenvalue weighted by Crippen LogP contribution is -2.68. The maximum Gasteiger partial charge on any atom is 0.316 e. The van der Waals surface area contributed by atoms with Gasteiger partial charge in [-0.3, -0.25) is 14.4 Å². The highest BCUT2D eigenvalue weighted by Crippen LogP contribution is 2.55. The fourth-order valence-electron chi connectivity index (χ4n) is 7.24. The highest BCUT2D eigenvalue weighted by molar-refractivity contribution is 6.31. The molecule has 13 nitrogen and oxygen atoms in total. The first-order chi connectivity index (χ1) is 20.1. The minimum Gasteiger partial charge on any atom is -0.507 e. The van der Waals surface area contributed by atoms with Gasteiger partial charge >= 0.3 is 5.97 Å². The second-order valence-electron chi connectivity index (χ2n) is 12.2. The van der Waals surface area contributed by atoms with Crippen LogP contribution in [-0.4, -0.2) is 106 Å². The molecule has 2 aromatic rings. The van der Waals surface area contributed by atoms with Gasteiger partial charge in [0.2, 0.25) is 12.1 Å². The summed E-state index contributed by atoms with van der Waals surface area (Å²) in [6.45, 7) is 2.93. The second kappa shape index (κ2) is 9.45. The van der Waals surface area contributed by atoms with Gasteiger partial charge in [0.15, 0.2) is 5.78 Å². The maximum atomic E-state index is 14.3. The first kappa shape index (κ1) is 29.5. The molecule has 0 spiro atoms. The third-order valence-electron chi connectivity index (χ3n) is 9.37. The number of carbonyl (C=O) groups excluding carboxylic acids is 3. The van der Waals surface area contributed by atoms with Gasteiger partial charge in [-0.15, -0.1) is 0 Å². The first-order valence-electron chi connectivity index (χ1n) is 13.7. The van der Waals surface area contributed by atoms with E-state index in [1.54, 1.807) is 19.0 Å². The highest BCUT2D eigenvalue weighted by Gasteiger charge is 2.59. The molecule has 0 amide bonds. The summed E-state index contributed by atoms with van der Waals surface area (Å²) in [5, 5.41) is 56.3. The number of carbonyl (C=O) groups is 3. The van der Waals surface area contributed by atoms with Crippen molar-refractivity contribution in [1.29, 1.82) is 0 Å². The number of esters is 1. The van der Waals surface area contributed by atoms with E-state index in [0.717, 1.165) is 7.11 Å². The van der Waals surface area contributed by atoms with Crippen molar-refractivity contribution in [2.24, 2.45) is 0 Å². The second-order valence-corrected chi connectivity index (χ2v) is 12.2. The molecular formula is C30H33NO12. The summed E-state index contributed by atoms with van der Waals surface area (Å²) in [5.74, 6) is -5.32. The predicted molar refractivity (Wildman–Crippen MR) is 145 cm³/mol. The quantitative estimate of drug-likeness (QED) is 0.263. The average molecular weight is 600 g/mol. The van der Waals surface area contributed by atoms with E-state index < -0.39 is 87.9 Å². The zero-order valence-electron chi connectivity index (χ0n) is 24.4. The number of aromatic hydroxyl groups is 2. The standard InChI is InChI=1S/C30H33NO12/c1-29(39)9-14(40-5)15-10(19(29)27(38)41-6)7-11-16(22(15)34)23(35)17-13(32)8-12-25(18(17)21(11)33)42-28-24(36)20(31(3)4)26(37)30(12,2)43-28/h7-8,14,19-20,24,26,28,32,34,36-37,39H,9H2,1-6H3/t14?,19?,20-,24-,26-,28-,29?,30+/m0/s1. The fraction of sp³-hybridized carbons (Fsp3) is 0.500. The molecule has 0 saturated carbocycles. The van der Waals surface area contributed by atoms with Crippen molar-refractivity contribution in [2.45, 2.75) is 68.0 Å². The van der Waals surface area contributed by atoms with E-state index in [1.807, 2.05) is 0 Å². The Bertz CT molecular complexity index is 1600. The Hall–Kier alpha value is -3.59. The van der Waals surface area contributed by atoms with E-state index in [4.69, 9.17) is 18.9 Å². The monoisotopic (exact) mass is 599 g/mol. The third-order valence-corrected chi connectivity index (χ3v) is 9.37. The molecule has 2 bridgehead atoms. The van der Waals surface area contributed by atoms with E-state index in [0.29, 0.717) is 0 Å². The van der Waals surface area contributed by atoms with Gasteiger partial charge in [0.25, 0.3) is 0 Å². The van der Waals surface area contributed by atoms with Crippen LogP contribution in [0.25, 0.3) is 0 Å². The van der Waals surface area contributed by atoms with Crippen molar-refractivity contribution < 1.29 is 58.9 Å². The van der Waals surface area contributed by atoms with Gasteiger partial charge < -0.3 is 49.4 Å². The highest BCUT2D eigenvalue weighted by atomic mass is 16.7. The zero-order valence-corrected chi connectivity index (χ0v) is 24.4. The van der Waals surface area contributed by atoms with Gasteiger partial charge in [0.05, 0.1) is 41.5 Å². The van der Waals surface area contributed by atoms with Crippen molar-refractivity contribution in [2.75, 3.05) is 28.3 Å². The van der Waals surface area contributed by atoms with Crippen molar-refractivity contribution in [3.05, 3.63) is 51.1 Å². The molecule has 2 heterocycles. The number of ketones is 2. The minimum absolute atomic E-state index is 0.0394. The number of phenols is 2. The molecule has 2 aliphatic carbocycles. The lowest BCUT2D eigenvalue weighted by molar-refractivity contribution is -0.311. The molecule has 0 radical (unpaired) electrons. The van der Waals surface area contributed by atoms with Gasteiger partial charge in [0, 0.05) is 30.2 Å². The number of aliphatic hydroxyl groups is 3. The van der Waals surface area contributed by atoms with Crippen LogP contribution in [0, 0.1) is 0 Å².